The molecule has 0 amide bonds. The lowest BCUT2D eigenvalue weighted by Gasteiger charge is -2.15. The van der Waals surface area contributed by atoms with E-state index in [4.69, 9.17) is 0 Å². The summed E-state index contributed by atoms with van der Waals surface area (Å²) in [6, 6.07) is 2.25. The van der Waals surface area contributed by atoms with E-state index in [0.717, 1.165) is 24.2 Å². The van der Waals surface area contributed by atoms with Crippen LogP contribution in [0.4, 0.5) is 0 Å². The van der Waals surface area contributed by atoms with Crippen molar-refractivity contribution in [2.24, 2.45) is 5.92 Å². The fourth-order valence-electron chi connectivity index (χ4n) is 3.53. The molecule has 2 saturated carbocycles. The minimum atomic E-state index is -3.42. The van der Waals surface area contributed by atoms with E-state index in [9.17, 15) is 8.42 Å². The molecule has 24 heavy (non-hydrogen) atoms. The monoisotopic (exact) mass is 346 g/mol. The zero-order valence-corrected chi connectivity index (χ0v) is 14.7. The van der Waals surface area contributed by atoms with Crippen LogP contribution in [0.1, 0.15) is 50.3 Å². The Labute approximate surface area is 142 Å². The number of aromatic nitrogens is 4. The van der Waals surface area contributed by atoms with Gasteiger partial charge in [0.1, 0.15) is 0 Å². The van der Waals surface area contributed by atoms with E-state index in [0.29, 0.717) is 11.7 Å². The van der Waals surface area contributed by atoms with Gasteiger partial charge < -0.3 is 0 Å². The highest BCUT2D eigenvalue weighted by Crippen LogP contribution is 2.38. The second-order valence-electron chi connectivity index (χ2n) is 7.03. The van der Waals surface area contributed by atoms with Crippen molar-refractivity contribution in [3.8, 4) is 11.3 Å². The summed E-state index contributed by atoms with van der Waals surface area (Å²) in [6.45, 7) is 0. The van der Waals surface area contributed by atoms with Crippen molar-refractivity contribution in [1.29, 1.82) is 0 Å². The molecule has 2 aromatic heterocycles. The lowest BCUT2D eigenvalue weighted by Crippen LogP contribution is -2.12. The predicted octanol–water partition coefficient (Wildman–Crippen LogP) is 2.81. The number of hydrogen-bond donors (Lipinski definition) is 0. The van der Waals surface area contributed by atoms with E-state index in [1.54, 1.807) is 6.07 Å². The Morgan fingerprint density at radius 1 is 1.21 bits per heavy atom. The molecule has 0 N–H and O–H groups in total. The fourth-order valence-corrected chi connectivity index (χ4v) is 4.05. The van der Waals surface area contributed by atoms with Gasteiger partial charge in [-0.05, 0) is 44.1 Å². The van der Waals surface area contributed by atoms with Gasteiger partial charge in [-0.15, -0.1) is 0 Å². The molecular weight excluding hydrogens is 324 g/mol. The van der Waals surface area contributed by atoms with E-state index in [1.165, 1.54) is 50.4 Å². The first-order valence-electron chi connectivity index (χ1n) is 8.62. The van der Waals surface area contributed by atoms with E-state index in [-0.39, 0.29) is 5.16 Å². The predicted molar refractivity (Wildman–Crippen MR) is 90.3 cm³/mol. The lowest BCUT2D eigenvalue weighted by atomic mass is 10.1. The molecule has 0 aliphatic heterocycles. The van der Waals surface area contributed by atoms with Crippen LogP contribution >= 0.6 is 0 Å². The molecule has 0 atom stereocenters. The summed E-state index contributed by atoms with van der Waals surface area (Å²) in [7, 11) is -3.42. The standard InChI is InChI=1S/C17H22N4O2S/c1-24(22,23)17-18-9-8-15(20-17)14-11-19-21(13-4-2-3-5-13)16(14)10-12-6-7-12/h8-9,11-13H,2-7,10H2,1H3. The van der Waals surface area contributed by atoms with Crippen LogP contribution in [0.25, 0.3) is 11.3 Å². The van der Waals surface area contributed by atoms with Crippen molar-refractivity contribution in [3.05, 3.63) is 24.2 Å². The summed E-state index contributed by atoms with van der Waals surface area (Å²) in [5, 5.41) is 4.53. The van der Waals surface area contributed by atoms with Crippen LogP contribution in [0.15, 0.2) is 23.6 Å². The van der Waals surface area contributed by atoms with Crippen molar-refractivity contribution in [2.45, 2.75) is 56.1 Å². The molecule has 0 spiro atoms. The number of hydrogen-bond acceptors (Lipinski definition) is 5. The Kier molecular flexibility index (Phi) is 3.90. The molecule has 0 saturated heterocycles. The maximum Gasteiger partial charge on any atom is 0.247 e. The van der Waals surface area contributed by atoms with Crippen molar-refractivity contribution in [3.63, 3.8) is 0 Å². The molecule has 2 heterocycles. The number of sulfone groups is 1. The maximum atomic E-state index is 11.8. The van der Waals surface area contributed by atoms with Crippen LogP contribution in [0, 0.1) is 5.92 Å². The molecule has 0 bridgehead atoms. The van der Waals surface area contributed by atoms with Gasteiger partial charge in [0.25, 0.3) is 0 Å². The largest absolute Gasteiger partial charge is 0.266 e. The molecule has 0 aromatic carbocycles. The topological polar surface area (TPSA) is 77.7 Å². The molecule has 2 aliphatic carbocycles. The quantitative estimate of drug-likeness (QED) is 0.778. The van der Waals surface area contributed by atoms with Crippen LogP contribution in [0.2, 0.25) is 0 Å². The molecule has 128 valence electrons. The molecule has 2 aromatic rings. The van der Waals surface area contributed by atoms with Crippen LogP contribution in [0.5, 0.6) is 0 Å². The Balaban J connectivity index is 1.77. The molecule has 2 aliphatic rings. The third kappa shape index (κ3) is 3.09. The second-order valence-corrected chi connectivity index (χ2v) is 8.94. The van der Waals surface area contributed by atoms with Crippen molar-refractivity contribution < 1.29 is 8.42 Å². The van der Waals surface area contributed by atoms with Gasteiger partial charge in [-0.25, -0.2) is 18.4 Å². The van der Waals surface area contributed by atoms with Crippen LogP contribution in [0.3, 0.4) is 0 Å². The lowest BCUT2D eigenvalue weighted by molar-refractivity contribution is 0.446. The van der Waals surface area contributed by atoms with Gasteiger partial charge >= 0.3 is 0 Å². The molecular formula is C17H22N4O2S. The minimum Gasteiger partial charge on any atom is -0.266 e. The zero-order valence-electron chi connectivity index (χ0n) is 13.9. The van der Waals surface area contributed by atoms with E-state index in [2.05, 4.69) is 19.7 Å². The molecule has 2 fully saturated rings. The summed E-state index contributed by atoms with van der Waals surface area (Å²) >= 11 is 0. The third-order valence-corrected chi connectivity index (χ3v) is 5.85. The van der Waals surface area contributed by atoms with Crippen molar-refractivity contribution >= 4 is 9.84 Å². The average Bonchev–Trinajstić information content (AvgIpc) is 3.04. The molecule has 0 unspecified atom stereocenters. The highest BCUT2D eigenvalue weighted by molar-refractivity contribution is 7.90. The fraction of sp³-hybridized carbons (Fsp3) is 0.588. The highest BCUT2D eigenvalue weighted by atomic mass is 32.2. The van der Waals surface area contributed by atoms with Gasteiger partial charge in [-0.2, -0.15) is 5.10 Å². The molecule has 4 rings (SSSR count). The first-order valence-corrected chi connectivity index (χ1v) is 10.5. The average molecular weight is 346 g/mol. The SMILES string of the molecule is CS(=O)(=O)c1nccc(-c2cnn(C3CCCC3)c2CC2CC2)n1. The van der Waals surface area contributed by atoms with Gasteiger partial charge in [0, 0.05) is 23.7 Å². The summed E-state index contributed by atoms with van der Waals surface area (Å²) in [6.07, 6.45) is 12.9. The van der Waals surface area contributed by atoms with Crippen molar-refractivity contribution in [1.82, 2.24) is 19.7 Å². The van der Waals surface area contributed by atoms with E-state index >= 15 is 0 Å². The normalized spacial score (nSPS) is 19.0. The first-order chi connectivity index (χ1) is 11.5. The van der Waals surface area contributed by atoms with Gasteiger partial charge in [-0.1, -0.05) is 12.8 Å². The van der Waals surface area contributed by atoms with Gasteiger partial charge in [0.05, 0.1) is 17.9 Å². The number of nitrogens with zero attached hydrogens (tertiary/aromatic N) is 4. The Morgan fingerprint density at radius 3 is 2.62 bits per heavy atom. The second kappa shape index (κ2) is 5.95. The van der Waals surface area contributed by atoms with Gasteiger partial charge in [0.15, 0.2) is 0 Å². The summed E-state index contributed by atoms with van der Waals surface area (Å²) in [5.41, 5.74) is 2.83. The molecule has 0 radical (unpaired) electrons. The maximum absolute atomic E-state index is 11.8. The van der Waals surface area contributed by atoms with E-state index in [1.807, 2.05) is 6.20 Å². The summed E-state index contributed by atoms with van der Waals surface area (Å²) in [4.78, 5) is 8.19. The van der Waals surface area contributed by atoms with Crippen molar-refractivity contribution in [2.75, 3.05) is 6.26 Å². The smallest absolute Gasteiger partial charge is 0.247 e. The van der Waals surface area contributed by atoms with Crippen LogP contribution in [-0.4, -0.2) is 34.4 Å². The summed E-state index contributed by atoms with van der Waals surface area (Å²) in [5.74, 6) is 0.733. The van der Waals surface area contributed by atoms with E-state index < -0.39 is 9.84 Å². The zero-order chi connectivity index (χ0) is 16.7. The number of rotatable bonds is 5. The third-order valence-electron chi connectivity index (χ3n) is 4.99. The molecule has 7 heteroatoms. The van der Waals surface area contributed by atoms with Gasteiger partial charge in [0.2, 0.25) is 15.0 Å². The van der Waals surface area contributed by atoms with Crippen LogP contribution in [-0.2, 0) is 16.3 Å². The van der Waals surface area contributed by atoms with Crippen LogP contribution < -0.4 is 0 Å². The minimum absolute atomic E-state index is 0.119. The van der Waals surface area contributed by atoms with Gasteiger partial charge in [-0.3, -0.25) is 4.68 Å². The Bertz CT molecular complexity index is 849. The first kappa shape index (κ1) is 15.7. The summed E-state index contributed by atoms with van der Waals surface area (Å²) < 4.78 is 25.7. The highest BCUT2D eigenvalue weighted by Gasteiger charge is 2.29. The Hall–Kier alpha value is -1.76. The molecule has 6 nitrogen and oxygen atoms in total. The Morgan fingerprint density at radius 2 is 1.96 bits per heavy atom.